The second-order valence-corrected chi connectivity index (χ2v) is 6.54. The van der Waals surface area contributed by atoms with Gasteiger partial charge in [-0.1, -0.05) is 6.92 Å². The predicted octanol–water partition coefficient (Wildman–Crippen LogP) is 2.86. The molecule has 0 spiro atoms. The number of nitrogens with one attached hydrogen (secondary N) is 1. The van der Waals surface area contributed by atoms with E-state index in [1.54, 1.807) is 0 Å². The van der Waals surface area contributed by atoms with Crippen molar-refractivity contribution in [1.82, 2.24) is 19.9 Å². The van der Waals surface area contributed by atoms with E-state index in [-0.39, 0.29) is 5.54 Å². The maximum absolute atomic E-state index is 4.85. The molecule has 1 saturated heterocycles. The van der Waals surface area contributed by atoms with Crippen molar-refractivity contribution in [3.63, 3.8) is 0 Å². The van der Waals surface area contributed by atoms with Gasteiger partial charge in [-0.25, -0.2) is 4.98 Å². The summed E-state index contributed by atoms with van der Waals surface area (Å²) in [4.78, 5) is 9.05. The molecule has 0 bridgehead atoms. The highest BCUT2D eigenvalue weighted by Gasteiger charge is 2.32. The van der Waals surface area contributed by atoms with Gasteiger partial charge in [0.15, 0.2) is 0 Å². The van der Waals surface area contributed by atoms with Gasteiger partial charge in [0.2, 0.25) is 0 Å². The summed E-state index contributed by atoms with van der Waals surface area (Å²) < 4.78 is 2.36. The molecule has 2 aromatic heterocycles. The molecular formula is C15H22N4. The minimum atomic E-state index is 0.0232. The van der Waals surface area contributed by atoms with Gasteiger partial charge in [0, 0.05) is 11.7 Å². The average molecular weight is 258 g/mol. The lowest BCUT2D eigenvalue weighted by atomic mass is 10.0. The monoisotopic (exact) mass is 258 g/mol. The van der Waals surface area contributed by atoms with Gasteiger partial charge >= 0.3 is 0 Å². The largest absolute Gasteiger partial charge is 0.321 e. The van der Waals surface area contributed by atoms with Crippen molar-refractivity contribution in [1.29, 1.82) is 0 Å². The van der Waals surface area contributed by atoms with E-state index in [1.165, 1.54) is 11.9 Å². The number of hydrogen-bond acceptors (Lipinski definition) is 3. The van der Waals surface area contributed by atoms with Gasteiger partial charge in [0.25, 0.3) is 0 Å². The summed E-state index contributed by atoms with van der Waals surface area (Å²) in [5.41, 5.74) is 2.20. The lowest BCUT2D eigenvalue weighted by Gasteiger charge is -2.27. The second-order valence-electron chi connectivity index (χ2n) is 6.54. The topological polar surface area (TPSA) is 42.7 Å². The summed E-state index contributed by atoms with van der Waals surface area (Å²) in [6.07, 6.45) is 4.93. The molecule has 4 nitrogen and oxygen atoms in total. The fraction of sp³-hybridized carbons (Fsp3) is 0.600. The third-order valence-corrected chi connectivity index (χ3v) is 3.96. The van der Waals surface area contributed by atoms with Crippen LogP contribution in [0.15, 0.2) is 18.5 Å². The standard InChI is InChI=1S/C15H22N4/c1-10-5-8-17-13(10)14-18-11-9-16-7-6-12(11)19(14)15(2,3)4/h6-7,9-10,13,17H,5,8H2,1-4H3. The smallest absolute Gasteiger partial charge is 0.127 e. The Labute approximate surface area is 114 Å². The Morgan fingerprint density at radius 1 is 1.37 bits per heavy atom. The molecular weight excluding hydrogens is 236 g/mol. The van der Waals surface area contributed by atoms with Gasteiger partial charge in [0.1, 0.15) is 11.3 Å². The van der Waals surface area contributed by atoms with E-state index in [1.807, 2.05) is 12.4 Å². The van der Waals surface area contributed by atoms with Crippen molar-refractivity contribution < 1.29 is 0 Å². The number of aromatic nitrogens is 3. The van der Waals surface area contributed by atoms with Crippen molar-refractivity contribution in [2.24, 2.45) is 5.92 Å². The van der Waals surface area contributed by atoms with Crippen LogP contribution in [0.2, 0.25) is 0 Å². The van der Waals surface area contributed by atoms with E-state index in [2.05, 4.69) is 48.6 Å². The number of rotatable bonds is 1. The molecule has 102 valence electrons. The molecule has 1 N–H and O–H groups in total. The van der Waals surface area contributed by atoms with Crippen LogP contribution in [0.1, 0.15) is 46.0 Å². The summed E-state index contributed by atoms with van der Waals surface area (Å²) in [7, 11) is 0. The van der Waals surface area contributed by atoms with Crippen LogP contribution in [0.5, 0.6) is 0 Å². The van der Waals surface area contributed by atoms with E-state index in [0.717, 1.165) is 17.9 Å². The molecule has 1 aliphatic heterocycles. The Morgan fingerprint density at radius 3 is 2.79 bits per heavy atom. The van der Waals surface area contributed by atoms with Crippen LogP contribution in [0, 0.1) is 5.92 Å². The van der Waals surface area contributed by atoms with Crippen LogP contribution in [0.3, 0.4) is 0 Å². The van der Waals surface area contributed by atoms with Crippen molar-refractivity contribution in [2.75, 3.05) is 6.54 Å². The number of hydrogen-bond donors (Lipinski definition) is 1. The first-order valence-corrected chi connectivity index (χ1v) is 7.04. The minimum absolute atomic E-state index is 0.0232. The van der Waals surface area contributed by atoms with E-state index in [9.17, 15) is 0 Å². The first-order chi connectivity index (χ1) is 8.98. The lowest BCUT2D eigenvalue weighted by Crippen LogP contribution is -2.29. The van der Waals surface area contributed by atoms with Gasteiger partial charge in [-0.05, 0) is 45.7 Å². The fourth-order valence-electron chi connectivity index (χ4n) is 3.04. The molecule has 19 heavy (non-hydrogen) atoms. The van der Waals surface area contributed by atoms with Crippen molar-refractivity contribution in [2.45, 2.75) is 45.7 Å². The first-order valence-electron chi connectivity index (χ1n) is 7.04. The minimum Gasteiger partial charge on any atom is -0.321 e. The molecule has 2 unspecified atom stereocenters. The normalized spacial score (nSPS) is 24.2. The summed E-state index contributed by atoms with van der Waals surface area (Å²) in [5.74, 6) is 1.78. The molecule has 0 amide bonds. The van der Waals surface area contributed by atoms with Gasteiger partial charge in [-0.2, -0.15) is 0 Å². The molecule has 2 aromatic rings. The van der Waals surface area contributed by atoms with Crippen LogP contribution >= 0.6 is 0 Å². The number of pyridine rings is 1. The molecule has 0 aliphatic carbocycles. The maximum Gasteiger partial charge on any atom is 0.127 e. The highest BCUT2D eigenvalue weighted by molar-refractivity contribution is 5.75. The van der Waals surface area contributed by atoms with E-state index in [0.29, 0.717) is 12.0 Å². The Hall–Kier alpha value is -1.42. The van der Waals surface area contributed by atoms with E-state index < -0.39 is 0 Å². The molecule has 0 saturated carbocycles. The molecule has 0 aromatic carbocycles. The lowest BCUT2D eigenvalue weighted by molar-refractivity contribution is 0.360. The average Bonchev–Trinajstić information content (AvgIpc) is 2.90. The molecule has 0 radical (unpaired) electrons. The zero-order valence-electron chi connectivity index (χ0n) is 12.1. The fourth-order valence-corrected chi connectivity index (χ4v) is 3.04. The third-order valence-electron chi connectivity index (χ3n) is 3.96. The molecule has 1 aliphatic rings. The molecule has 3 rings (SSSR count). The van der Waals surface area contributed by atoms with Gasteiger partial charge in [-0.3, -0.25) is 4.98 Å². The van der Waals surface area contributed by atoms with Gasteiger partial charge in [0.05, 0.1) is 17.8 Å². The Kier molecular flexibility index (Phi) is 2.86. The molecule has 4 heteroatoms. The van der Waals surface area contributed by atoms with Crippen molar-refractivity contribution in [3.05, 3.63) is 24.3 Å². The Balaban J connectivity index is 2.23. The van der Waals surface area contributed by atoms with Gasteiger partial charge < -0.3 is 9.88 Å². The summed E-state index contributed by atoms with van der Waals surface area (Å²) in [6.45, 7) is 10.1. The van der Waals surface area contributed by atoms with Crippen LogP contribution in [-0.4, -0.2) is 21.1 Å². The number of fused-ring (bicyclic) bond motifs is 1. The van der Waals surface area contributed by atoms with Crippen molar-refractivity contribution >= 4 is 11.0 Å². The highest BCUT2D eigenvalue weighted by Crippen LogP contribution is 2.34. The summed E-state index contributed by atoms with van der Waals surface area (Å²) in [6, 6.07) is 2.42. The number of imidazole rings is 1. The third kappa shape index (κ3) is 2.04. The SMILES string of the molecule is CC1CCNC1c1nc2cnccc2n1C(C)(C)C. The van der Waals surface area contributed by atoms with Gasteiger partial charge in [-0.15, -0.1) is 0 Å². The zero-order valence-corrected chi connectivity index (χ0v) is 12.1. The van der Waals surface area contributed by atoms with Crippen LogP contribution < -0.4 is 5.32 Å². The van der Waals surface area contributed by atoms with Crippen LogP contribution in [0.25, 0.3) is 11.0 Å². The summed E-state index contributed by atoms with van der Waals surface area (Å²) >= 11 is 0. The van der Waals surface area contributed by atoms with E-state index >= 15 is 0 Å². The molecule has 3 heterocycles. The van der Waals surface area contributed by atoms with Crippen molar-refractivity contribution in [3.8, 4) is 0 Å². The molecule has 2 atom stereocenters. The maximum atomic E-state index is 4.85. The van der Waals surface area contributed by atoms with Crippen LogP contribution in [0.4, 0.5) is 0 Å². The predicted molar refractivity (Wildman–Crippen MR) is 77.0 cm³/mol. The quantitative estimate of drug-likeness (QED) is 0.855. The summed E-state index contributed by atoms with van der Waals surface area (Å²) in [5, 5.41) is 3.59. The highest BCUT2D eigenvalue weighted by atomic mass is 15.2. The zero-order chi connectivity index (χ0) is 13.6. The number of nitrogens with zero attached hydrogens (tertiary/aromatic N) is 3. The van der Waals surface area contributed by atoms with E-state index in [4.69, 9.17) is 4.98 Å². The van der Waals surface area contributed by atoms with Crippen LogP contribution in [-0.2, 0) is 5.54 Å². The first kappa shape index (κ1) is 12.6. The second kappa shape index (κ2) is 4.30. The Morgan fingerprint density at radius 2 is 2.16 bits per heavy atom. The Bertz CT molecular complexity index is 594. The molecule has 1 fully saturated rings.